The molecule has 2 N–H and O–H groups in total. The highest BCUT2D eigenvalue weighted by atomic mass is 16.4. The van der Waals surface area contributed by atoms with Gasteiger partial charge in [0.2, 0.25) is 0 Å². The van der Waals surface area contributed by atoms with Gasteiger partial charge in [-0.25, -0.2) is 4.79 Å². The summed E-state index contributed by atoms with van der Waals surface area (Å²) in [5, 5.41) is 20.1. The number of hydrogen-bond donors (Lipinski definition) is 2. The van der Waals surface area contributed by atoms with Crippen LogP contribution in [-0.2, 0) is 9.59 Å². The van der Waals surface area contributed by atoms with Crippen molar-refractivity contribution in [3.8, 4) is 0 Å². The Labute approximate surface area is 145 Å². The SMILES string of the molecule is CC(C)C(=O)CC[C@@H]1C(C(=O)O)=CC[C@@H]2C(C)(C)[C@H](O)CC[C@@]12C. The molecule has 0 aromatic carbocycles. The molecule has 1 saturated carbocycles. The molecule has 24 heavy (non-hydrogen) atoms. The second-order valence-electron chi connectivity index (χ2n) is 8.85. The van der Waals surface area contributed by atoms with Crippen molar-refractivity contribution in [2.75, 3.05) is 0 Å². The Kier molecular flexibility index (Phi) is 5.29. The second kappa shape index (κ2) is 6.62. The van der Waals surface area contributed by atoms with Gasteiger partial charge in [-0.05, 0) is 48.3 Å². The van der Waals surface area contributed by atoms with E-state index in [1.165, 1.54) is 0 Å². The first-order valence-electron chi connectivity index (χ1n) is 9.16. The maximum atomic E-state index is 12.1. The fourth-order valence-electron chi connectivity index (χ4n) is 5.11. The van der Waals surface area contributed by atoms with Crippen molar-refractivity contribution in [2.45, 2.75) is 72.8 Å². The normalized spacial score (nSPS) is 35.3. The number of ketones is 1. The molecule has 4 atom stereocenters. The number of allylic oxidation sites excluding steroid dienone is 1. The van der Waals surface area contributed by atoms with Gasteiger partial charge in [0.1, 0.15) is 5.78 Å². The number of rotatable bonds is 5. The van der Waals surface area contributed by atoms with Gasteiger partial charge in [-0.1, -0.05) is 40.7 Å². The Morgan fingerprint density at radius 3 is 2.46 bits per heavy atom. The Bertz CT molecular complexity index is 546. The number of carboxylic acid groups (broad SMARTS) is 1. The summed E-state index contributed by atoms with van der Waals surface area (Å²) < 4.78 is 0. The van der Waals surface area contributed by atoms with E-state index in [-0.39, 0.29) is 40.5 Å². The summed E-state index contributed by atoms with van der Waals surface area (Å²) in [4.78, 5) is 23.9. The number of aliphatic carboxylic acids is 1. The molecule has 0 amide bonds. The summed E-state index contributed by atoms with van der Waals surface area (Å²) in [5.74, 6) is -0.570. The highest BCUT2D eigenvalue weighted by Gasteiger charge is 2.56. The third-order valence-electron chi connectivity index (χ3n) is 6.82. The Hall–Kier alpha value is -1.16. The number of fused-ring (bicyclic) bond motifs is 1. The zero-order valence-electron chi connectivity index (χ0n) is 15.6. The molecule has 0 saturated heterocycles. The minimum absolute atomic E-state index is 0.0147. The fraction of sp³-hybridized carbons (Fsp3) is 0.800. The van der Waals surface area contributed by atoms with Crippen LogP contribution in [0.4, 0.5) is 0 Å². The Morgan fingerprint density at radius 2 is 1.92 bits per heavy atom. The minimum atomic E-state index is -0.861. The van der Waals surface area contributed by atoms with Crippen LogP contribution in [0.2, 0.25) is 0 Å². The number of hydrogen-bond acceptors (Lipinski definition) is 3. The summed E-state index contributed by atoms with van der Waals surface area (Å²) >= 11 is 0. The zero-order valence-corrected chi connectivity index (χ0v) is 15.6. The van der Waals surface area contributed by atoms with E-state index in [2.05, 4.69) is 20.8 Å². The highest BCUT2D eigenvalue weighted by Crippen LogP contribution is 2.60. The molecule has 0 aromatic heterocycles. The number of carbonyl (C=O) groups excluding carboxylic acids is 1. The monoisotopic (exact) mass is 336 g/mol. The highest BCUT2D eigenvalue weighted by molar-refractivity contribution is 5.88. The third-order valence-corrected chi connectivity index (χ3v) is 6.82. The molecule has 0 aliphatic heterocycles. The van der Waals surface area contributed by atoms with Gasteiger partial charge in [0, 0.05) is 17.9 Å². The Balaban J connectivity index is 2.36. The predicted octanol–water partition coefficient (Wildman–Crippen LogP) is 3.83. The molecular formula is C20H32O4. The summed E-state index contributed by atoms with van der Waals surface area (Å²) in [6, 6.07) is 0. The lowest BCUT2D eigenvalue weighted by Gasteiger charge is -2.58. The van der Waals surface area contributed by atoms with E-state index in [1.807, 2.05) is 19.9 Å². The van der Waals surface area contributed by atoms with Crippen LogP contribution in [0.25, 0.3) is 0 Å². The predicted molar refractivity (Wildman–Crippen MR) is 93.5 cm³/mol. The first-order chi connectivity index (χ1) is 11.0. The van der Waals surface area contributed by atoms with Gasteiger partial charge in [0.15, 0.2) is 0 Å². The number of Topliss-reactive ketones (excluding diaryl/α,β-unsaturated/α-hetero) is 1. The largest absolute Gasteiger partial charge is 0.478 e. The van der Waals surface area contributed by atoms with Crippen LogP contribution in [0.5, 0.6) is 0 Å². The molecule has 0 unspecified atom stereocenters. The maximum absolute atomic E-state index is 12.1. The molecule has 2 aliphatic carbocycles. The lowest BCUT2D eigenvalue weighted by atomic mass is 9.47. The minimum Gasteiger partial charge on any atom is -0.478 e. The molecule has 1 fully saturated rings. The van der Waals surface area contributed by atoms with Crippen molar-refractivity contribution in [3.05, 3.63) is 11.6 Å². The van der Waals surface area contributed by atoms with Gasteiger partial charge in [0.25, 0.3) is 0 Å². The average Bonchev–Trinajstić information content (AvgIpc) is 2.48. The number of aliphatic hydroxyl groups is 1. The summed E-state index contributed by atoms with van der Waals surface area (Å²) in [7, 11) is 0. The van der Waals surface area contributed by atoms with E-state index in [4.69, 9.17) is 0 Å². The van der Waals surface area contributed by atoms with Crippen molar-refractivity contribution < 1.29 is 19.8 Å². The lowest BCUT2D eigenvalue weighted by Crippen LogP contribution is -2.54. The van der Waals surface area contributed by atoms with Crippen LogP contribution in [0.15, 0.2) is 11.6 Å². The fourth-order valence-corrected chi connectivity index (χ4v) is 5.11. The summed E-state index contributed by atoms with van der Waals surface area (Å²) in [6.07, 6.45) is 4.71. The standard InChI is InChI=1S/C20H32O4/c1-12(2)15(21)8-7-14-13(18(23)24)6-9-16-19(3,4)17(22)10-11-20(14,16)5/h6,12,14,16-17,22H,7-11H2,1-5H3,(H,23,24)/t14-,16-,17-,20+/m1/s1. The van der Waals surface area contributed by atoms with Gasteiger partial charge in [0.05, 0.1) is 6.10 Å². The smallest absolute Gasteiger partial charge is 0.331 e. The van der Waals surface area contributed by atoms with E-state index in [1.54, 1.807) is 0 Å². The van der Waals surface area contributed by atoms with Crippen molar-refractivity contribution >= 4 is 11.8 Å². The lowest BCUT2D eigenvalue weighted by molar-refractivity contribution is -0.140. The van der Waals surface area contributed by atoms with E-state index < -0.39 is 5.97 Å². The number of aliphatic hydroxyl groups excluding tert-OH is 1. The molecule has 0 aromatic rings. The first kappa shape index (κ1) is 19.2. The molecule has 4 heteroatoms. The zero-order chi connectivity index (χ0) is 18.3. The van der Waals surface area contributed by atoms with Crippen LogP contribution in [0.1, 0.15) is 66.7 Å². The van der Waals surface area contributed by atoms with Crippen LogP contribution >= 0.6 is 0 Å². The van der Waals surface area contributed by atoms with Gasteiger partial charge < -0.3 is 10.2 Å². The molecule has 0 spiro atoms. The molecule has 136 valence electrons. The summed E-state index contributed by atoms with van der Waals surface area (Å²) in [5.41, 5.74) is 0.0496. The molecule has 2 rings (SSSR count). The van der Waals surface area contributed by atoms with E-state index in [0.29, 0.717) is 31.3 Å². The van der Waals surface area contributed by atoms with E-state index >= 15 is 0 Å². The van der Waals surface area contributed by atoms with Crippen molar-refractivity contribution in [1.82, 2.24) is 0 Å². The second-order valence-corrected chi connectivity index (χ2v) is 8.85. The van der Waals surface area contributed by atoms with Crippen molar-refractivity contribution in [2.24, 2.45) is 28.6 Å². The molecular weight excluding hydrogens is 304 g/mol. The van der Waals surface area contributed by atoms with Crippen LogP contribution < -0.4 is 0 Å². The van der Waals surface area contributed by atoms with Gasteiger partial charge in [-0.15, -0.1) is 0 Å². The molecule has 2 aliphatic rings. The summed E-state index contributed by atoms with van der Waals surface area (Å²) in [6.45, 7) is 10.1. The quantitative estimate of drug-likeness (QED) is 0.800. The van der Waals surface area contributed by atoms with Gasteiger partial charge in [-0.2, -0.15) is 0 Å². The number of carbonyl (C=O) groups is 2. The van der Waals surface area contributed by atoms with E-state index in [0.717, 1.165) is 6.42 Å². The average molecular weight is 336 g/mol. The van der Waals surface area contributed by atoms with Crippen LogP contribution in [0.3, 0.4) is 0 Å². The van der Waals surface area contributed by atoms with Crippen LogP contribution in [-0.4, -0.2) is 28.1 Å². The van der Waals surface area contributed by atoms with Gasteiger partial charge in [-0.3, -0.25) is 4.79 Å². The topological polar surface area (TPSA) is 74.6 Å². The Morgan fingerprint density at radius 1 is 1.29 bits per heavy atom. The molecule has 4 nitrogen and oxygen atoms in total. The van der Waals surface area contributed by atoms with Crippen LogP contribution in [0, 0.1) is 28.6 Å². The van der Waals surface area contributed by atoms with Crippen molar-refractivity contribution in [3.63, 3.8) is 0 Å². The molecule has 0 bridgehead atoms. The first-order valence-corrected chi connectivity index (χ1v) is 9.16. The molecule has 0 heterocycles. The maximum Gasteiger partial charge on any atom is 0.331 e. The van der Waals surface area contributed by atoms with Gasteiger partial charge >= 0.3 is 5.97 Å². The molecule has 0 radical (unpaired) electrons. The number of carboxylic acids is 1. The van der Waals surface area contributed by atoms with Crippen molar-refractivity contribution in [1.29, 1.82) is 0 Å². The van der Waals surface area contributed by atoms with E-state index in [9.17, 15) is 19.8 Å². The third kappa shape index (κ3) is 3.17.